The van der Waals surface area contributed by atoms with Crippen LogP contribution >= 0.6 is 0 Å². The number of aliphatic hydroxyl groups is 1. The first-order valence-corrected chi connectivity index (χ1v) is 12.3. The number of aromatic nitrogens is 3. The van der Waals surface area contributed by atoms with Crippen molar-refractivity contribution in [2.75, 3.05) is 12.4 Å². The lowest BCUT2D eigenvalue weighted by Crippen LogP contribution is -2.16. The predicted octanol–water partition coefficient (Wildman–Crippen LogP) is 4.72. The highest BCUT2D eigenvalue weighted by molar-refractivity contribution is 6.25. The summed E-state index contributed by atoms with van der Waals surface area (Å²) in [4.78, 5) is 17.2. The first kappa shape index (κ1) is 34.5. The second kappa shape index (κ2) is 18.7. The summed E-state index contributed by atoms with van der Waals surface area (Å²) in [7, 11) is 1.50. The SMILES string of the molecule is C=C.CCC.CN.Cc1ccc(C(=N)N=N)cc1NC(=O)/C(=C/N)c1cc(-c2cnn(CC(C)O)c2)ccn1. The van der Waals surface area contributed by atoms with Gasteiger partial charge < -0.3 is 21.9 Å². The van der Waals surface area contributed by atoms with Gasteiger partial charge in [-0.3, -0.25) is 19.9 Å². The fourth-order valence-electron chi connectivity index (χ4n) is 3.08. The highest BCUT2D eigenvalue weighted by Crippen LogP contribution is 2.24. The zero-order valence-electron chi connectivity index (χ0n) is 23.4. The van der Waals surface area contributed by atoms with Gasteiger partial charge in [0.15, 0.2) is 5.84 Å². The van der Waals surface area contributed by atoms with E-state index in [0.717, 1.165) is 16.7 Å². The predicted molar refractivity (Wildman–Crippen MR) is 158 cm³/mol. The van der Waals surface area contributed by atoms with Gasteiger partial charge in [-0.25, -0.2) is 5.53 Å². The largest absolute Gasteiger partial charge is 0.404 e. The molecule has 1 atom stereocenters. The number of hydrogen-bond donors (Lipinski definition) is 6. The molecule has 0 fully saturated rings. The number of rotatable bonds is 7. The Balaban J connectivity index is 0.00000189. The van der Waals surface area contributed by atoms with E-state index in [1.165, 1.54) is 19.7 Å². The fraction of sp³-hybridized carbons (Fsp3) is 0.286. The fourth-order valence-corrected chi connectivity index (χ4v) is 3.08. The average molecular weight is 536 g/mol. The lowest BCUT2D eigenvalue weighted by molar-refractivity contribution is -0.111. The molecular formula is C28H41N9O2. The topological polar surface area (TPSA) is 192 Å². The molecule has 3 aromatic rings. The van der Waals surface area contributed by atoms with Gasteiger partial charge in [0.05, 0.1) is 30.1 Å². The van der Waals surface area contributed by atoms with Crippen LogP contribution in [0.1, 0.15) is 44.0 Å². The Bertz CT molecular complexity index is 1230. The molecule has 0 saturated heterocycles. The molecule has 210 valence electrons. The van der Waals surface area contributed by atoms with Crippen LogP contribution < -0.4 is 16.8 Å². The van der Waals surface area contributed by atoms with Gasteiger partial charge in [-0.1, -0.05) is 32.4 Å². The van der Waals surface area contributed by atoms with E-state index in [9.17, 15) is 9.90 Å². The molecule has 2 heterocycles. The normalized spacial score (nSPS) is 10.8. The minimum absolute atomic E-state index is 0.174. The van der Waals surface area contributed by atoms with Crippen molar-refractivity contribution in [2.24, 2.45) is 16.6 Å². The lowest BCUT2D eigenvalue weighted by atomic mass is 10.1. The Morgan fingerprint density at radius 1 is 1.23 bits per heavy atom. The van der Waals surface area contributed by atoms with Crippen LogP contribution in [-0.4, -0.2) is 44.8 Å². The van der Waals surface area contributed by atoms with E-state index in [1.54, 1.807) is 60.5 Å². The molecular weight excluding hydrogens is 494 g/mol. The number of carbonyl (C=O) groups excluding carboxylic acids is 1. The zero-order valence-corrected chi connectivity index (χ0v) is 23.4. The second-order valence-corrected chi connectivity index (χ2v) is 7.96. The Morgan fingerprint density at radius 2 is 1.87 bits per heavy atom. The van der Waals surface area contributed by atoms with E-state index < -0.39 is 12.0 Å². The van der Waals surface area contributed by atoms with Gasteiger partial charge >= 0.3 is 0 Å². The van der Waals surface area contributed by atoms with Gasteiger partial charge in [0.25, 0.3) is 5.91 Å². The number of nitrogens with two attached hydrogens (primary N) is 2. The van der Waals surface area contributed by atoms with Crippen molar-refractivity contribution < 1.29 is 9.90 Å². The molecule has 1 unspecified atom stereocenters. The summed E-state index contributed by atoms with van der Waals surface area (Å²) < 4.78 is 1.64. The van der Waals surface area contributed by atoms with E-state index in [4.69, 9.17) is 16.7 Å². The average Bonchev–Trinajstić information content (AvgIpc) is 3.40. The summed E-state index contributed by atoms with van der Waals surface area (Å²) in [6.07, 6.45) is 6.98. The van der Waals surface area contributed by atoms with Crippen molar-refractivity contribution in [3.8, 4) is 11.1 Å². The van der Waals surface area contributed by atoms with Crippen LogP contribution in [0.2, 0.25) is 0 Å². The van der Waals surface area contributed by atoms with Crippen LogP contribution in [0, 0.1) is 17.9 Å². The molecule has 1 aromatic carbocycles. The number of aliphatic hydroxyl groups excluding tert-OH is 1. The third-order valence-electron chi connectivity index (χ3n) is 4.74. The Hall–Kier alpha value is -4.48. The smallest absolute Gasteiger partial charge is 0.259 e. The van der Waals surface area contributed by atoms with Crippen molar-refractivity contribution >= 4 is 23.0 Å². The number of nitrogens with one attached hydrogen (secondary N) is 3. The molecule has 2 aromatic heterocycles. The van der Waals surface area contributed by atoms with E-state index in [-0.39, 0.29) is 11.4 Å². The molecule has 0 aliphatic rings. The van der Waals surface area contributed by atoms with Crippen molar-refractivity contribution in [1.29, 1.82) is 10.9 Å². The third kappa shape index (κ3) is 10.8. The van der Waals surface area contributed by atoms with Crippen molar-refractivity contribution in [1.82, 2.24) is 14.8 Å². The molecule has 0 saturated carbocycles. The minimum Gasteiger partial charge on any atom is -0.404 e. The van der Waals surface area contributed by atoms with Gasteiger partial charge in [-0.05, 0) is 50.2 Å². The molecule has 1 amide bonds. The molecule has 0 radical (unpaired) electrons. The molecule has 0 spiro atoms. The molecule has 3 rings (SSSR count). The minimum atomic E-state index is -0.522. The first-order chi connectivity index (χ1) is 18.7. The second-order valence-electron chi connectivity index (χ2n) is 7.96. The van der Waals surface area contributed by atoms with Gasteiger partial charge in [0, 0.05) is 35.4 Å². The van der Waals surface area contributed by atoms with E-state index >= 15 is 0 Å². The number of benzene rings is 1. The number of hydrogen-bond acceptors (Lipinski definition) is 8. The maximum Gasteiger partial charge on any atom is 0.259 e. The third-order valence-corrected chi connectivity index (χ3v) is 4.74. The maximum atomic E-state index is 13.0. The quantitative estimate of drug-likeness (QED) is 0.0832. The van der Waals surface area contributed by atoms with E-state index in [2.05, 4.69) is 53.3 Å². The molecule has 0 aliphatic heterocycles. The zero-order chi connectivity index (χ0) is 30.0. The number of amidine groups is 1. The van der Waals surface area contributed by atoms with Crippen LogP contribution in [-0.2, 0) is 11.3 Å². The molecule has 39 heavy (non-hydrogen) atoms. The summed E-state index contributed by atoms with van der Waals surface area (Å²) in [5.41, 5.74) is 21.1. The van der Waals surface area contributed by atoms with Gasteiger partial charge in [0.2, 0.25) is 0 Å². The van der Waals surface area contributed by atoms with Crippen LogP contribution in [0.5, 0.6) is 0 Å². The van der Waals surface area contributed by atoms with Crippen molar-refractivity contribution in [2.45, 2.75) is 46.8 Å². The number of nitrogens with zero attached hydrogens (tertiary/aromatic N) is 4. The van der Waals surface area contributed by atoms with E-state index in [1.807, 2.05) is 6.92 Å². The van der Waals surface area contributed by atoms with Crippen LogP contribution in [0.4, 0.5) is 5.69 Å². The van der Waals surface area contributed by atoms with E-state index in [0.29, 0.717) is 23.5 Å². The summed E-state index contributed by atoms with van der Waals surface area (Å²) >= 11 is 0. The summed E-state index contributed by atoms with van der Waals surface area (Å²) in [5.74, 6) is -0.669. The summed E-state index contributed by atoms with van der Waals surface area (Å²) in [6.45, 7) is 14.1. The Kier molecular flexibility index (Phi) is 16.6. The number of pyridine rings is 1. The number of amides is 1. The summed E-state index contributed by atoms with van der Waals surface area (Å²) in [6, 6.07) is 8.51. The van der Waals surface area contributed by atoms with Crippen LogP contribution in [0.3, 0.4) is 0 Å². The van der Waals surface area contributed by atoms with Crippen LogP contribution in [0.15, 0.2) is 73.4 Å². The molecule has 8 N–H and O–H groups in total. The highest BCUT2D eigenvalue weighted by atomic mass is 16.3. The Morgan fingerprint density at radius 3 is 2.44 bits per heavy atom. The van der Waals surface area contributed by atoms with Crippen molar-refractivity contribution in [3.05, 3.63) is 85.1 Å². The standard InChI is InChI=1S/C22H24N8O2.C3H8.C2H4.CH5N/c1-13-3-4-16(21(24)29-25)8-19(13)28-22(32)18(9-23)20-7-15(5-6-26-20)17-10-27-30(12-17)11-14(2)31;1-3-2;2*1-2/h3-10,12,14,24-25,31H,11,23H2,1-2H3,(H,28,32);3H2,1-2H3;1-2H2;2H2,1H3/b18-9+,24-21?,29-25?;;;. The Labute approximate surface area is 230 Å². The van der Waals surface area contributed by atoms with Gasteiger partial charge in [-0.2, -0.15) is 5.10 Å². The molecule has 0 aliphatic carbocycles. The van der Waals surface area contributed by atoms with Crippen LogP contribution in [0.25, 0.3) is 16.7 Å². The highest BCUT2D eigenvalue weighted by Gasteiger charge is 2.16. The first-order valence-electron chi connectivity index (χ1n) is 12.3. The van der Waals surface area contributed by atoms with Gasteiger partial charge in [-0.15, -0.1) is 18.3 Å². The lowest BCUT2D eigenvalue weighted by Gasteiger charge is -2.12. The molecule has 11 heteroatoms. The molecule has 11 nitrogen and oxygen atoms in total. The number of aryl methyl sites for hydroxylation is 1. The summed E-state index contributed by atoms with van der Waals surface area (Å²) in [5, 5.41) is 27.4. The number of anilines is 1. The number of carbonyl (C=O) groups is 1. The van der Waals surface area contributed by atoms with Gasteiger partial charge in [0.1, 0.15) is 0 Å². The monoisotopic (exact) mass is 535 g/mol. The maximum absolute atomic E-state index is 13.0. The molecule has 0 bridgehead atoms. The van der Waals surface area contributed by atoms with Crippen molar-refractivity contribution in [3.63, 3.8) is 0 Å².